The third kappa shape index (κ3) is 4.17. The monoisotopic (exact) mass is 378 g/mol. The van der Waals surface area contributed by atoms with E-state index in [4.69, 9.17) is 9.15 Å². The van der Waals surface area contributed by atoms with Crippen LogP contribution in [0.15, 0.2) is 53.1 Å². The quantitative estimate of drug-likeness (QED) is 0.406. The molecule has 0 saturated heterocycles. The molecule has 3 heterocycles. The van der Waals surface area contributed by atoms with Gasteiger partial charge in [0.25, 0.3) is 0 Å². The maximum Gasteiger partial charge on any atom is 0.231 e. The Balaban J connectivity index is 1.40. The molecule has 28 heavy (non-hydrogen) atoms. The van der Waals surface area contributed by atoms with Crippen molar-refractivity contribution >= 4 is 16.6 Å². The molecule has 146 valence electrons. The first kappa shape index (κ1) is 18.5. The zero-order valence-corrected chi connectivity index (χ0v) is 16.2. The van der Waals surface area contributed by atoms with Gasteiger partial charge in [0.05, 0.1) is 12.8 Å². The second-order valence-corrected chi connectivity index (χ2v) is 6.89. The minimum Gasteiger partial charge on any atom is -0.477 e. The van der Waals surface area contributed by atoms with E-state index in [0.717, 1.165) is 54.0 Å². The Kier molecular flexibility index (Phi) is 5.87. The molecule has 0 aliphatic heterocycles. The van der Waals surface area contributed by atoms with Gasteiger partial charge in [0, 0.05) is 11.5 Å². The molecule has 0 amide bonds. The summed E-state index contributed by atoms with van der Waals surface area (Å²) < 4.78 is 13.6. The Morgan fingerprint density at radius 1 is 1.07 bits per heavy atom. The summed E-state index contributed by atoms with van der Waals surface area (Å²) in [6.07, 6.45) is 6.35. The van der Waals surface area contributed by atoms with Crippen molar-refractivity contribution in [3.8, 4) is 17.3 Å². The molecular formula is C22H26N4O2. The molecule has 4 rings (SSSR count). The first-order chi connectivity index (χ1) is 13.8. The van der Waals surface area contributed by atoms with Crippen LogP contribution < -0.4 is 10.1 Å². The van der Waals surface area contributed by atoms with Gasteiger partial charge in [0.2, 0.25) is 5.88 Å². The molecule has 1 N–H and O–H groups in total. The normalized spacial score (nSPS) is 11.5. The fourth-order valence-corrected chi connectivity index (χ4v) is 3.17. The third-order valence-corrected chi connectivity index (χ3v) is 4.72. The van der Waals surface area contributed by atoms with E-state index in [-0.39, 0.29) is 0 Å². The Labute approximate surface area is 164 Å². The van der Waals surface area contributed by atoms with Gasteiger partial charge in [-0.25, -0.2) is 9.50 Å². The number of furan rings is 1. The Morgan fingerprint density at radius 3 is 2.86 bits per heavy atom. The predicted octanol–water partition coefficient (Wildman–Crippen LogP) is 4.69. The third-order valence-electron chi connectivity index (χ3n) is 4.72. The van der Waals surface area contributed by atoms with Gasteiger partial charge in [-0.15, -0.1) is 5.10 Å². The van der Waals surface area contributed by atoms with Crippen LogP contribution in [0.25, 0.3) is 28.1 Å². The average Bonchev–Trinajstić information content (AvgIpc) is 3.33. The van der Waals surface area contributed by atoms with E-state index in [2.05, 4.69) is 22.3 Å². The van der Waals surface area contributed by atoms with Gasteiger partial charge in [-0.1, -0.05) is 31.5 Å². The number of unbranched alkanes of at least 4 members (excludes halogenated alkanes) is 2. The van der Waals surface area contributed by atoms with E-state index in [1.165, 1.54) is 12.8 Å². The van der Waals surface area contributed by atoms with E-state index in [9.17, 15) is 0 Å². The molecule has 0 aliphatic rings. The van der Waals surface area contributed by atoms with Gasteiger partial charge in [0.1, 0.15) is 11.3 Å². The van der Waals surface area contributed by atoms with Crippen molar-refractivity contribution < 1.29 is 9.15 Å². The molecule has 6 heteroatoms. The van der Waals surface area contributed by atoms with E-state index in [1.807, 2.05) is 42.5 Å². The highest BCUT2D eigenvalue weighted by molar-refractivity contribution is 5.82. The maximum absolute atomic E-state index is 5.97. The zero-order chi connectivity index (χ0) is 19.2. The summed E-state index contributed by atoms with van der Waals surface area (Å²) in [6.45, 7) is 5.00. The van der Waals surface area contributed by atoms with Crippen LogP contribution in [0.1, 0.15) is 32.6 Å². The van der Waals surface area contributed by atoms with Gasteiger partial charge < -0.3 is 14.5 Å². The van der Waals surface area contributed by atoms with Gasteiger partial charge >= 0.3 is 0 Å². The highest BCUT2D eigenvalue weighted by atomic mass is 16.5. The van der Waals surface area contributed by atoms with Crippen molar-refractivity contribution in [2.75, 3.05) is 19.7 Å². The number of nitrogens with zero attached hydrogens (tertiary/aromatic N) is 3. The van der Waals surface area contributed by atoms with Crippen molar-refractivity contribution in [2.45, 2.75) is 32.6 Å². The molecule has 0 unspecified atom stereocenters. The number of imidazole rings is 1. The second-order valence-electron chi connectivity index (χ2n) is 6.89. The highest BCUT2D eigenvalue weighted by Gasteiger charge is 2.13. The van der Waals surface area contributed by atoms with Crippen LogP contribution in [0.4, 0.5) is 0 Å². The summed E-state index contributed by atoms with van der Waals surface area (Å²) in [5.74, 6) is 1.35. The molecular weight excluding hydrogens is 352 g/mol. The number of aromatic nitrogens is 3. The lowest BCUT2D eigenvalue weighted by Crippen LogP contribution is -2.17. The zero-order valence-electron chi connectivity index (χ0n) is 16.2. The summed E-state index contributed by atoms with van der Waals surface area (Å²) in [7, 11) is 0. The van der Waals surface area contributed by atoms with Crippen molar-refractivity contribution in [2.24, 2.45) is 0 Å². The number of fused-ring (bicyclic) bond motifs is 2. The van der Waals surface area contributed by atoms with Crippen molar-refractivity contribution in [3.05, 3.63) is 48.7 Å². The topological polar surface area (TPSA) is 64.6 Å². The Morgan fingerprint density at radius 2 is 1.96 bits per heavy atom. The first-order valence-corrected chi connectivity index (χ1v) is 10.0. The van der Waals surface area contributed by atoms with Crippen molar-refractivity contribution in [1.82, 2.24) is 19.9 Å². The lowest BCUT2D eigenvalue weighted by molar-refractivity contribution is 0.290. The summed E-state index contributed by atoms with van der Waals surface area (Å²) >= 11 is 0. The molecule has 0 bridgehead atoms. The lowest BCUT2D eigenvalue weighted by atomic mass is 10.2. The summed E-state index contributed by atoms with van der Waals surface area (Å²) in [4.78, 5) is 4.43. The second kappa shape index (κ2) is 8.89. The maximum atomic E-state index is 5.97. The number of para-hydroxylation sites is 1. The number of rotatable bonds is 10. The lowest BCUT2D eigenvalue weighted by Gasteiger charge is -2.07. The summed E-state index contributed by atoms with van der Waals surface area (Å²) in [6, 6.07) is 13.8. The van der Waals surface area contributed by atoms with E-state index in [0.29, 0.717) is 12.5 Å². The highest BCUT2D eigenvalue weighted by Crippen LogP contribution is 2.28. The Hall–Kier alpha value is -2.86. The van der Waals surface area contributed by atoms with Gasteiger partial charge in [0.15, 0.2) is 11.4 Å². The molecule has 3 aromatic heterocycles. The average molecular weight is 378 g/mol. The van der Waals surface area contributed by atoms with E-state index < -0.39 is 0 Å². The fourth-order valence-electron chi connectivity index (χ4n) is 3.17. The van der Waals surface area contributed by atoms with E-state index in [1.54, 1.807) is 10.7 Å². The van der Waals surface area contributed by atoms with Crippen LogP contribution in [0.5, 0.6) is 5.88 Å². The summed E-state index contributed by atoms with van der Waals surface area (Å²) in [5, 5.41) is 9.11. The number of hydrogen-bond donors (Lipinski definition) is 1. The van der Waals surface area contributed by atoms with Gasteiger partial charge in [-0.05, 0) is 50.6 Å². The Bertz CT molecular complexity index is 1000. The number of hydrogen-bond acceptors (Lipinski definition) is 5. The van der Waals surface area contributed by atoms with Crippen LogP contribution in [0, 0.1) is 0 Å². The van der Waals surface area contributed by atoms with Gasteiger partial charge in [-0.3, -0.25) is 0 Å². The molecule has 0 spiro atoms. The van der Waals surface area contributed by atoms with Crippen LogP contribution in [0.2, 0.25) is 0 Å². The van der Waals surface area contributed by atoms with Crippen LogP contribution in [-0.4, -0.2) is 34.3 Å². The summed E-state index contributed by atoms with van der Waals surface area (Å²) in [5.41, 5.74) is 2.44. The smallest absolute Gasteiger partial charge is 0.231 e. The number of benzene rings is 1. The minimum absolute atomic E-state index is 0.599. The molecule has 0 radical (unpaired) electrons. The number of nitrogens with one attached hydrogen (secondary N) is 1. The van der Waals surface area contributed by atoms with Crippen LogP contribution in [-0.2, 0) is 0 Å². The standard InChI is InChI=1S/C22H26N4O2/c1-2-3-12-23-13-6-7-14-27-22-11-10-21-24-16-18(26(21)25-22)20-15-17-8-4-5-9-19(17)28-20/h4-5,8-11,15-16,23H,2-3,6-7,12-14H2,1H3. The molecule has 1 aromatic carbocycles. The molecule has 4 aromatic rings. The van der Waals surface area contributed by atoms with Crippen LogP contribution in [0.3, 0.4) is 0 Å². The predicted molar refractivity (Wildman–Crippen MR) is 111 cm³/mol. The minimum atomic E-state index is 0.599. The van der Waals surface area contributed by atoms with E-state index >= 15 is 0 Å². The first-order valence-electron chi connectivity index (χ1n) is 10.0. The largest absolute Gasteiger partial charge is 0.477 e. The van der Waals surface area contributed by atoms with Crippen molar-refractivity contribution in [1.29, 1.82) is 0 Å². The molecule has 0 saturated carbocycles. The van der Waals surface area contributed by atoms with Crippen LogP contribution >= 0.6 is 0 Å². The number of ether oxygens (including phenoxy) is 1. The fraction of sp³-hybridized carbons (Fsp3) is 0.364. The molecule has 0 fully saturated rings. The molecule has 0 atom stereocenters. The molecule has 6 nitrogen and oxygen atoms in total. The van der Waals surface area contributed by atoms with Crippen molar-refractivity contribution in [3.63, 3.8) is 0 Å². The molecule has 0 aliphatic carbocycles. The SMILES string of the molecule is CCCCNCCCCOc1ccc2ncc(-c3cc4ccccc4o3)n2n1. The van der Waals surface area contributed by atoms with Gasteiger partial charge in [-0.2, -0.15) is 0 Å².